The molecule has 0 saturated heterocycles. The normalized spacial score (nSPS) is 15.0. The number of para-hydroxylation sites is 1. The fourth-order valence-corrected chi connectivity index (χ4v) is 2.03. The fraction of sp³-hybridized carbons (Fsp3) is 0. The topological polar surface area (TPSA) is 87.5 Å². The number of aromatic amines is 1. The van der Waals surface area contributed by atoms with E-state index in [1.807, 2.05) is 0 Å². The van der Waals surface area contributed by atoms with E-state index in [2.05, 4.69) is 9.98 Å². The SMILES string of the molecule is O=c1[nH]c(=O)n(-c2ccccc2)c(O)c1/C=C1/C=CC=N1. The van der Waals surface area contributed by atoms with Crippen molar-refractivity contribution in [1.29, 1.82) is 0 Å². The van der Waals surface area contributed by atoms with Gasteiger partial charge in [-0.05, 0) is 30.4 Å². The zero-order valence-electron chi connectivity index (χ0n) is 10.9. The maximum Gasteiger partial charge on any atom is 0.335 e. The van der Waals surface area contributed by atoms with Gasteiger partial charge in [-0.1, -0.05) is 18.2 Å². The predicted octanol–water partition coefficient (Wildman–Crippen LogP) is 1.21. The van der Waals surface area contributed by atoms with E-state index >= 15 is 0 Å². The summed E-state index contributed by atoms with van der Waals surface area (Å²) in [6.45, 7) is 0. The van der Waals surface area contributed by atoms with Crippen molar-refractivity contribution < 1.29 is 5.11 Å². The number of nitrogens with one attached hydrogen (secondary N) is 1. The minimum atomic E-state index is -0.698. The van der Waals surface area contributed by atoms with Crippen LogP contribution in [0.4, 0.5) is 0 Å². The van der Waals surface area contributed by atoms with Crippen LogP contribution in [-0.2, 0) is 0 Å². The van der Waals surface area contributed by atoms with Gasteiger partial charge in [0.25, 0.3) is 5.56 Å². The molecule has 0 spiro atoms. The first-order valence-electron chi connectivity index (χ1n) is 6.23. The van der Waals surface area contributed by atoms with E-state index in [1.165, 1.54) is 6.08 Å². The molecular weight excluding hydrogens is 270 g/mol. The van der Waals surface area contributed by atoms with Gasteiger partial charge >= 0.3 is 5.69 Å². The quantitative estimate of drug-likeness (QED) is 0.867. The van der Waals surface area contributed by atoms with Crippen molar-refractivity contribution in [3.63, 3.8) is 0 Å². The van der Waals surface area contributed by atoms with Crippen LogP contribution in [-0.4, -0.2) is 20.9 Å². The summed E-state index contributed by atoms with van der Waals surface area (Å²) in [5.74, 6) is -0.419. The molecule has 0 unspecified atom stereocenters. The molecule has 3 rings (SSSR count). The summed E-state index contributed by atoms with van der Waals surface area (Å²) in [7, 11) is 0. The number of rotatable bonds is 2. The van der Waals surface area contributed by atoms with Crippen LogP contribution in [0.25, 0.3) is 11.8 Å². The molecular formula is C15H11N3O3. The molecule has 6 heteroatoms. The van der Waals surface area contributed by atoms with E-state index < -0.39 is 17.1 Å². The second-order valence-corrected chi connectivity index (χ2v) is 4.37. The summed E-state index contributed by atoms with van der Waals surface area (Å²) >= 11 is 0. The summed E-state index contributed by atoms with van der Waals surface area (Å²) < 4.78 is 1.04. The Labute approximate surface area is 119 Å². The van der Waals surface area contributed by atoms with Crippen LogP contribution in [0, 0.1) is 0 Å². The first kappa shape index (κ1) is 12.9. The van der Waals surface area contributed by atoms with Gasteiger partial charge in [0.05, 0.1) is 11.4 Å². The zero-order valence-corrected chi connectivity index (χ0v) is 10.9. The molecule has 6 nitrogen and oxygen atoms in total. The van der Waals surface area contributed by atoms with Crippen LogP contribution in [0.3, 0.4) is 0 Å². The minimum Gasteiger partial charge on any atom is -0.494 e. The second kappa shape index (κ2) is 5.09. The lowest BCUT2D eigenvalue weighted by molar-refractivity contribution is 0.429. The summed E-state index contributed by atoms with van der Waals surface area (Å²) in [5, 5.41) is 10.3. The minimum absolute atomic E-state index is 0.0165. The Morgan fingerprint density at radius 2 is 1.95 bits per heavy atom. The predicted molar refractivity (Wildman–Crippen MR) is 79.9 cm³/mol. The Hall–Kier alpha value is -3.15. The number of allylic oxidation sites excluding steroid dienone is 2. The Balaban J connectivity index is 2.26. The first-order chi connectivity index (χ1) is 10.2. The largest absolute Gasteiger partial charge is 0.494 e. The number of H-pyrrole nitrogens is 1. The highest BCUT2D eigenvalue weighted by molar-refractivity contribution is 5.79. The van der Waals surface area contributed by atoms with Gasteiger partial charge in [-0.3, -0.25) is 14.8 Å². The maximum absolute atomic E-state index is 11.9. The fourth-order valence-electron chi connectivity index (χ4n) is 2.03. The molecule has 0 bridgehead atoms. The standard InChI is InChI=1S/C15H11N3O3/c19-13-12(9-10-5-4-8-16-10)14(20)18(15(21)17-13)11-6-2-1-3-7-11/h1-9,20H,(H,17,19,21)/b10-9-. The van der Waals surface area contributed by atoms with Gasteiger partial charge in [0.2, 0.25) is 5.88 Å². The molecule has 1 aliphatic rings. The van der Waals surface area contributed by atoms with E-state index in [4.69, 9.17) is 0 Å². The van der Waals surface area contributed by atoms with Crippen LogP contribution in [0.1, 0.15) is 5.56 Å². The van der Waals surface area contributed by atoms with Gasteiger partial charge < -0.3 is 5.11 Å². The maximum atomic E-state index is 11.9. The summed E-state index contributed by atoms with van der Waals surface area (Å²) in [4.78, 5) is 30.0. The molecule has 0 saturated carbocycles. The number of aliphatic imine (C=N–C) groups is 1. The van der Waals surface area contributed by atoms with Crippen LogP contribution in [0.5, 0.6) is 5.88 Å². The highest BCUT2D eigenvalue weighted by Gasteiger charge is 2.14. The van der Waals surface area contributed by atoms with Crippen LogP contribution in [0.2, 0.25) is 0 Å². The number of nitrogens with zero attached hydrogens (tertiary/aromatic N) is 2. The Bertz CT molecular complexity index is 873. The van der Waals surface area contributed by atoms with Gasteiger partial charge in [-0.2, -0.15) is 0 Å². The van der Waals surface area contributed by atoms with Crippen molar-refractivity contribution in [3.8, 4) is 11.6 Å². The van der Waals surface area contributed by atoms with Gasteiger partial charge in [-0.15, -0.1) is 0 Å². The molecule has 2 aromatic rings. The molecule has 0 radical (unpaired) electrons. The molecule has 2 heterocycles. The lowest BCUT2D eigenvalue weighted by Crippen LogP contribution is -2.30. The lowest BCUT2D eigenvalue weighted by Gasteiger charge is -2.09. The third kappa shape index (κ3) is 2.34. The molecule has 0 amide bonds. The number of aromatic hydroxyl groups is 1. The van der Waals surface area contributed by atoms with E-state index in [9.17, 15) is 14.7 Å². The highest BCUT2D eigenvalue weighted by Crippen LogP contribution is 2.19. The number of benzene rings is 1. The van der Waals surface area contributed by atoms with Crippen molar-refractivity contribution >= 4 is 12.3 Å². The zero-order chi connectivity index (χ0) is 14.8. The molecule has 0 atom stereocenters. The van der Waals surface area contributed by atoms with Crippen molar-refractivity contribution in [2.45, 2.75) is 0 Å². The van der Waals surface area contributed by atoms with Crippen LogP contribution in [0.15, 0.2) is 62.8 Å². The van der Waals surface area contributed by atoms with E-state index in [0.717, 1.165) is 4.57 Å². The summed E-state index contributed by atoms with van der Waals surface area (Å²) in [6, 6.07) is 8.56. The number of hydrogen-bond acceptors (Lipinski definition) is 4. The van der Waals surface area contributed by atoms with E-state index in [0.29, 0.717) is 11.4 Å². The Morgan fingerprint density at radius 3 is 2.62 bits per heavy atom. The Morgan fingerprint density at radius 1 is 1.19 bits per heavy atom. The summed E-state index contributed by atoms with van der Waals surface area (Å²) in [5.41, 5.74) is -0.392. The van der Waals surface area contributed by atoms with Gasteiger partial charge in [-0.25, -0.2) is 9.36 Å². The summed E-state index contributed by atoms with van der Waals surface area (Å²) in [6.07, 6.45) is 6.40. The number of aromatic nitrogens is 2. The molecule has 0 fully saturated rings. The van der Waals surface area contributed by atoms with Crippen molar-refractivity contribution in [2.75, 3.05) is 0 Å². The third-order valence-corrected chi connectivity index (χ3v) is 3.00. The van der Waals surface area contributed by atoms with Gasteiger partial charge in [0, 0.05) is 6.21 Å². The highest BCUT2D eigenvalue weighted by atomic mass is 16.3. The van der Waals surface area contributed by atoms with Crippen molar-refractivity contribution in [1.82, 2.24) is 9.55 Å². The van der Waals surface area contributed by atoms with Gasteiger partial charge in [0.1, 0.15) is 5.56 Å². The first-order valence-corrected chi connectivity index (χ1v) is 6.23. The molecule has 104 valence electrons. The van der Waals surface area contributed by atoms with Crippen molar-refractivity contribution in [2.24, 2.45) is 4.99 Å². The van der Waals surface area contributed by atoms with Crippen molar-refractivity contribution in [3.05, 3.63) is 74.6 Å². The average Bonchev–Trinajstić information content (AvgIpc) is 2.97. The van der Waals surface area contributed by atoms with Crippen LogP contribution < -0.4 is 11.2 Å². The van der Waals surface area contributed by atoms with Gasteiger partial charge in [0.15, 0.2) is 0 Å². The van der Waals surface area contributed by atoms with Crippen LogP contribution >= 0.6 is 0 Å². The third-order valence-electron chi connectivity index (χ3n) is 3.00. The second-order valence-electron chi connectivity index (χ2n) is 4.37. The molecule has 2 N–H and O–H groups in total. The lowest BCUT2D eigenvalue weighted by atomic mass is 10.2. The van der Waals surface area contributed by atoms with E-state index in [1.54, 1.807) is 48.7 Å². The molecule has 1 aliphatic heterocycles. The average molecular weight is 281 g/mol. The number of hydrogen-bond donors (Lipinski definition) is 2. The van der Waals surface area contributed by atoms with E-state index in [-0.39, 0.29) is 5.56 Å². The molecule has 1 aromatic heterocycles. The Kier molecular flexibility index (Phi) is 3.12. The molecule has 21 heavy (non-hydrogen) atoms. The molecule has 1 aromatic carbocycles. The monoisotopic (exact) mass is 281 g/mol. The smallest absolute Gasteiger partial charge is 0.335 e. The molecule has 0 aliphatic carbocycles.